The largest absolute Gasteiger partial charge is 0.494 e. The molecule has 66 valence electrons. The smallest absolute Gasteiger partial charge is 0.153 e. The van der Waals surface area contributed by atoms with E-state index in [2.05, 4.69) is 5.32 Å². The first kappa shape index (κ1) is 8.77. The Balaban J connectivity index is 3.24. The molecular formula is C8H9F2NO. The molecule has 0 spiro atoms. The van der Waals surface area contributed by atoms with Gasteiger partial charge in [0.05, 0.1) is 7.11 Å². The number of anilines is 1. The predicted octanol–water partition coefficient (Wildman–Crippen LogP) is 2.02. The van der Waals surface area contributed by atoms with E-state index >= 15 is 0 Å². The second-order valence-corrected chi connectivity index (χ2v) is 2.21. The Hall–Kier alpha value is -1.32. The minimum atomic E-state index is -0.658. The second-order valence-electron chi connectivity index (χ2n) is 2.21. The van der Waals surface area contributed by atoms with Gasteiger partial charge in [-0.25, -0.2) is 8.78 Å². The Kier molecular flexibility index (Phi) is 2.47. The number of benzene rings is 1. The highest BCUT2D eigenvalue weighted by Crippen LogP contribution is 2.27. The van der Waals surface area contributed by atoms with E-state index in [9.17, 15) is 8.78 Å². The molecule has 0 radical (unpaired) electrons. The SMILES string of the molecule is CNc1c(F)cc(F)cc1OC. The highest BCUT2D eigenvalue weighted by atomic mass is 19.1. The van der Waals surface area contributed by atoms with Crippen LogP contribution in [0.3, 0.4) is 0 Å². The zero-order valence-corrected chi connectivity index (χ0v) is 6.82. The van der Waals surface area contributed by atoms with E-state index in [4.69, 9.17) is 4.74 Å². The van der Waals surface area contributed by atoms with Crippen LogP contribution >= 0.6 is 0 Å². The van der Waals surface area contributed by atoms with E-state index in [1.165, 1.54) is 7.11 Å². The first-order chi connectivity index (χ1) is 5.69. The van der Waals surface area contributed by atoms with Crippen LogP contribution in [0.5, 0.6) is 5.75 Å². The summed E-state index contributed by atoms with van der Waals surface area (Å²) in [4.78, 5) is 0. The molecule has 0 fully saturated rings. The Morgan fingerprint density at radius 1 is 1.33 bits per heavy atom. The van der Waals surface area contributed by atoms with E-state index in [1.54, 1.807) is 7.05 Å². The molecule has 0 bridgehead atoms. The van der Waals surface area contributed by atoms with Gasteiger partial charge < -0.3 is 10.1 Å². The van der Waals surface area contributed by atoms with Crippen molar-refractivity contribution in [2.45, 2.75) is 0 Å². The van der Waals surface area contributed by atoms with Gasteiger partial charge in [0.15, 0.2) is 5.82 Å². The summed E-state index contributed by atoms with van der Waals surface area (Å²) in [7, 11) is 2.90. The third kappa shape index (κ3) is 1.47. The molecule has 1 N–H and O–H groups in total. The number of nitrogens with one attached hydrogen (secondary N) is 1. The molecule has 0 aliphatic heterocycles. The van der Waals surface area contributed by atoms with Crippen LogP contribution in [-0.4, -0.2) is 14.2 Å². The van der Waals surface area contributed by atoms with Gasteiger partial charge in [-0.15, -0.1) is 0 Å². The highest BCUT2D eigenvalue weighted by Gasteiger charge is 2.09. The van der Waals surface area contributed by atoms with Crippen LogP contribution in [0.2, 0.25) is 0 Å². The van der Waals surface area contributed by atoms with Gasteiger partial charge in [0.1, 0.15) is 17.3 Å². The van der Waals surface area contributed by atoms with E-state index in [0.717, 1.165) is 12.1 Å². The molecule has 2 nitrogen and oxygen atoms in total. The Morgan fingerprint density at radius 3 is 2.50 bits per heavy atom. The monoisotopic (exact) mass is 173 g/mol. The minimum Gasteiger partial charge on any atom is -0.494 e. The number of hydrogen-bond acceptors (Lipinski definition) is 2. The molecule has 0 atom stereocenters. The molecule has 0 heterocycles. The van der Waals surface area contributed by atoms with Gasteiger partial charge >= 0.3 is 0 Å². The molecule has 0 saturated carbocycles. The molecule has 4 heteroatoms. The zero-order chi connectivity index (χ0) is 9.14. The molecule has 1 aromatic carbocycles. The number of rotatable bonds is 2. The lowest BCUT2D eigenvalue weighted by Crippen LogP contribution is -1.97. The normalized spacial score (nSPS) is 9.67. The minimum absolute atomic E-state index is 0.162. The van der Waals surface area contributed by atoms with E-state index in [-0.39, 0.29) is 11.4 Å². The van der Waals surface area contributed by atoms with Crippen LogP contribution in [0.15, 0.2) is 12.1 Å². The summed E-state index contributed by atoms with van der Waals surface area (Å²) in [6.45, 7) is 0. The summed E-state index contributed by atoms with van der Waals surface area (Å²) in [6, 6.07) is 1.92. The molecule has 12 heavy (non-hydrogen) atoms. The fourth-order valence-electron chi connectivity index (χ4n) is 0.954. The van der Waals surface area contributed by atoms with Crippen molar-refractivity contribution >= 4 is 5.69 Å². The maximum atomic E-state index is 12.9. The maximum Gasteiger partial charge on any atom is 0.153 e. The van der Waals surface area contributed by atoms with E-state index in [0.29, 0.717) is 0 Å². The quantitative estimate of drug-likeness (QED) is 0.738. The highest BCUT2D eigenvalue weighted by molar-refractivity contribution is 5.57. The van der Waals surface area contributed by atoms with Crippen LogP contribution in [0.25, 0.3) is 0 Å². The third-order valence-corrected chi connectivity index (χ3v) is 1.49. The van der Waals surface area contributed by atoms with E-state index in [1.807, 2.05) is 0 Å². The third-order valence-electron chi connectivity index (χ3n) is 1.49. The molecule has 0 saturated heterocycles. The van der Waals surface area contributed by atoms with Crippen molar-refractivity contribution in [3.63, 3.8) is 0 Å². The Bertz CT molecular complexity index is 289. The standard InChI is InChI=1S/C8H9F2NO/c1-11-8-6(10)3-5(9)4-7(8)12-2/h3-4,11H,1-2H3. The molecule has 0 aliphatic rings. The summed E-state index contributed by atoms with van der Waals surface area (Å²) in [5.74, 6) is -1.15. The van der Waals surface area contributed by atoms with Crippen molar-refractivity contribution in [2.75, 3.05) is 19.5 Å². The van der Waals surface area contributed by atoms with Crippen molar-refractivity contribution in [3.8, 4) is 5.75 Å². The molecule has 0 aromatic heterocycles. The summed E-state index contributed by atoms with van der Waals surface area (Å²) in [5.41, 5.74) is 0.166. The first-order valence-corrected chi connectivity index (χ1v) is 3.40. The molecular weight excluding hydrogens is 164 g/mol. The van der Waals surface area contributed by atoms with Gasteiger partial charge in [0, 0.05) is 19.2 Å². The van der Waals surface area contributed by atoms with Crippen molar-refractivity contribution in [3.05, 3.63) is 23.8 Å². The zero-order valence-electron chi connectivity index (χ0n) is 6.82. The maximum absolute atomic E-state index is 12.9. The van der Waals surface area contributed by atoms with Crippen molar-refractivity contribution in [1.29, 1.82) is 0 Å². The number of methoxy groups -OCH3 is 1. The summed E-state index contributed by atoms with van der Waals surface area (Å²) in [5, 5.41) is 2.58. The first-order valence-electron chi connectivity index (χ1n) is 3.40. The van der Waals surface area contributed by atoms with Gasteiger partial charge in [0.25, 0.3) is 0 Å². The van der Waals surface area contributed by atoms with Crippen molar-refractivity contribution in [2.24, 2.45) is 0 Å². The summed E-state index contributed by atoms with van der Waals surface area (Å²) >= 11 is 0. The Morgan fingerprint density at radius 2 is 2.00 bits per heavy atom. The summed E-state index contributed by atoms with van der Waals surface area (Å²) in [6.07, 6.45) is 0. The molecule has 0 aliphatic carbocycles. The van der Waals surface area contributed by atoms with Gasteiger partial charge in [-0.3, -0.25) is 0 Å². The van der Waals surface area contributed by atoms with Crippen LogP contribution in [0.1, 0.15) is 0 Å². The topological polar surface area (TPSA) is 21.3 Å². The fraction of sp³-hybridized carbons (Fsp3) is 0.250. The molecule has 1 aromatic rings. The summed E-state index contributed by atoms with van der Waals surface area (Å²) < 4.78 is 30.3. The number of halogens is 2. The van der Waals surface area contributed by atoms with Crippen LogP contribution in [0.4, 0.5) is 14.5 Å². The Labute approximate surface area is 69.2 Å². The van der Waals surface area contributed by atoms with Crippen molar-refractivity contribution in [1.82, 2.24) is 0 Å². The average molecular weight is 173 g/mol. The molecule has 0 unspecified atom stereocenters. The van der Waals surface area contributed by atoms with Gasteiger partial charge in [0.2, 0.25) is 0 Å². The average Bonchev–Trinajstić information content (AvgIpc) is 2.03. The van der Waals surface area contributed by atoms with Gasteiger partial charge in [-0.05, 0) is 0 Å². The predicted molar refractivity (Wildman–Crippen MR) is 42.5 cm³/mol. The lowest BCUT2D eigenvalue weighted by Gasteiger charge is -2.08. The van der Waals surface area contributed by atoms with Crippen LogP contribution in [-0.2, 0) is 0 Å². The molecule has 0 amide bonds. The van der Waals surface area contributed by atoms with Gasteiger partial charge in [-0.2, -0.15) is 0 Å². The number of ether oxygens (including phenoxy) is 1. The lowest BCUT2D eigenvalue weighted by molar-refractivity contribution is 0.409. The van der Waals surface area contributed by atoms with Crippen LogP contribution in [0, 0.1) is 11.6 Å². The van der Waals surface area contributed by atoms with Crippen molar-refractivity contribution < 1.29 is 13.5 Å². The number of hydrogen-bond donors (Lipinski definition) is 1. The molecule has 1 rings (SSSR count). The lowest BCUT2D eigenvalue weighted by atomic mass is 10.2. The van der Waals surface area contributed by atoms with Crippen LogP contribution < -0.4 is 10.1 Å². The van der Waals surface area contributed by atoms with Gasteiger partial charge in [-0.1, -0.05) is 0 Å². The second kappa shape index (κ2) is 3.38. The fourth-order valence-corrected chi connectivity index (χ4v) is 0.954. The van der Waals surface area contributed by atoms with E-state index < -0.39 is 11.6 Å².